The molecule has 162 valence electrons. The summed E-state index contributed by atoms with van der Waals surface area (Å²) in [6.07, 6.45) is 1.57. The van der Waals surface area contributed by atoms with Crippen LogP contribution in [0.5, 0.6) is 0 Å². The number of benzene rings is 1. The summed E-state index contributed by atoms with van der Waals surface area (Å²) in [4.78, 5) is 14.5. The van der Waals surface area contributed by atoms with E-state index in [1.165, 1.54) is 10.4 Å². The predicted octanol–water partition coefficient (Wildman–Crippen LogP) is 3.24. The molecule has 1 fully saturated rings. The first kappa shape index (κ1) is 22.5. The van der Waals surface area contributed by atoms with Crippen molar-refractivity contribution in [3.63, 3.8) is 0 Å². The van der Waals surface area contributed by atoms with Gasteiger partial charge in [-0.2, -0.15) is 4.31 Å². The number of carbonyl (C=O) groups is 1. The zero-order valence-corrected chi connectivity index (χ0v) is 18.7. The maximum Gasteiger partial charge on any atom is 0.337 e. The van der Waals surface area contributed by atoms with E-state index >= 15 is 0 Å². The van der Waals surface area contributed by atoms with Crippen molar-refractivity contribution in [1.82, 2.24) is 4.31 Å². The van der Waals surface area contributed by atoms with Gasteiger partial charge in [0.25, 0.3) is 10.0 Å². The van der Waals surface area contributed by atoms with E-state index in [1.807, 2.05) is 24.3 Å². The first-order valence-corrected chi connectivity index (χ1v) is 12.1. The summed E-state index contributed by atoms with van der Waals surface area (Å²) >= 11 is 0.977. The maximum atomic E-state index is 12.8. The summed E-state index contributed by atoms with van der Waals surface area (Å²) in [5.74, 6) is -1.10. The molecule has 1 aromatic carbocycles. The molecular formula is C21H26N2O5S2. The van der Waals surface area contributed by atoms with Gasteiger partial charge in [0, 0.05) is 36.7 Å². The molecule has 1 aliphatic heterocycles. The van der Waals surface area contributed by atoms with Gasteiger partial charge in [-0.15, -0.1) is 11.3 Å². The Hall–Kier alpha value is -2.20. The number of anilines is 1. The van der Waals surface area contributed by atoms with Gasteiger partial charge in [-0.05, 0) is 49.8 Å². The lowest BCUT2D eigenvalue weighted by Crippen LogP contribution is -2.40. The van der Waals surface area contributed by atoms with Gasteiger partial charge in [0.15, 0.2) is 0 Å². The second-order valence-corrected chi connectivity index (χ2v) is 10.0. The Labute approximate surface area is 181 Å². The largest absolute Gasteiger partial charge is 0.478 e. The van der Waals surface area contributed by atoms with Crippen molar-refractivity contribution in [2.24, 2.45) is 0 Å². The van der Waals surface area contributed by atoms with Crippen LogP contribution in [0.15, 0.2) is 40.6 Å². The highest BCUT2D eigenvalue weighted by Crippen LogP contribution is 2.31. The van der Waals surface area contributed by atoms with Crippen molar-refractivity contribution >= 4 is 44.7 Å². The predicted molar refractivity (Wildman–Crippen MR) is 119 cm³/mol. The van der Waals surface area contributed by atoms with Gasteiger partial charge >= 0.3 is 5.97 Å². The third-order valence-corrected chi connectivity index (χ3v) is 8.46. The smallest absolute Gasteiger partial charge is 0.337 e. The van der Waals surface area contributed by atoms with Gasteiger partial charge in [0.1, 0.15) is 4.21 Å². The molecule has 0 radical (unpaired) electrons. The van der Waals surface area contributed by atoms with E-state index in [9.17, 15) is 18.3 Å². The fourth-order valence-corrected chi connectivity index (χ4v) is 6.17. The van der Waals surface area contributed by atoms with Crippen LogP contribution in [-0.2, 0) is 19.6 Å². The summed E-state index contributed by atoms with van der Waals surface area (Å²) in [5, 5.41) is 9.72. The number of morpholine rings is 1. The molecule has 0 saturated carbocycles. The van der Waals surface area contributed by atoms with Crippen molar-refractivity contribution in [3.8, 4) is 0 Å². The van der Waals surface area contributed by atoms with Crippen LogP contribution in [0.3, 0.4) is 0 Å². The number of sulfonamides is 1. The Morgan fingerprint density at radius 1 is 1.13 bits per heavy atom. The fourth-order valence-electron chi connectivity index (χ4n) is 3.29. The summed E-state index contributed by atoms with van der Waals surface area (Å²) in [6.45, 7) is 7.27. The van der Waals surface area contributed by atoms with E-state index in [0.29, 0.717) is 31.2 Å². The monoisotopic (exact) mass is 450 g/mol. The molecule has 30 heavy (non-hydrogen) atoms. The zero-order chi connectivity index (χ0) is 21.7. The molecule has 9 heteroatoms. The first-order chi connectivity index (χ1) is 14.4. The van der Waals surface area contributed by atoms with Crippen LogP contribution >= 0.6 is 11.3 Å². The molecule has 1 aromatic heterocycles. The average Bonchev–Trinajstić information content (AvgIpc) is 3.25. The van der Waals surface area contributed by atoms with E-state index in [0.717, 1.165) is 35.7 Å². The van der Waals surface area contributed by atoms with E-state index in [-0.39, 0.29) is 9.78 Å². The normalized spacial score (nSPS) is 15.9. The van der Waals surface area contributed by atoms with Gasteiger partial charge < -0.3 is 14.7 Å². The number of hydrogen-bond donors (Lipinski definition) is 1. The molecule has 0 unspecified atom stereocenters. The average molecular weight is 451 g/mol. The van der Waals surface area contributed by atoms with Crippen LogP contribution in [0.2, 0.25) is 0 Å². The molecule has 0 spiro atoms. The van der Waals surface area contributed by atoms with Gasteiger partial charge in [-0.25, -0.2) is 13.2 Å². The molecule has 1 aliphatic rings. The highest BCUT2D eigenvalue weighted by molar-refractivity contribution is 7.91. The van der Waals surface area contributed by atoms with Crippen LogP contribution in [-0.4, -0.2) is 63.2 Å². The number of nitrogens with zero attached hydrogens (tertiary/aromatic N) is 2. The SMILES string of the molecule is CCN(CC)c1ccc(/C=C(\C(=O)O)c2ccc(S(=O)(=O)N3CCOCC3)s2)cc1. The summed E-state index contributed by atoms with van der Waals surface area (Å²) in [5.41, 5.74) is 1.89. The molecule has 2 heterocycles. The van der Waals surface area contributed by atoms with Crippen LogP contribution in [0, 0.1) is 0 Å². The highest BCUT2D eigenvalue weighted by atomic mass is 32.2. The Bertz CT molecular complexity index is 1000. The molecule has 0 amide bonds. The maximum absolute atomic E-state index is 12.8. The zero-order valence-electron chi connectivity index (χ0n) is 17.1. The minimum Gasteiger partial charge on any atom is -0.478 e. The first-order valence-electron chi connectivity index (χ1n) is 9.85. The molecular weight excluding hydrogens is 424 g/mol. The topological polar surface area (TPSA) is 87.2 Å². The molecule has 7 nitrogen and oxygen atoms in total. The number of hydrogen-bond acceptors (Lipinski definition) is 6. The van der Waals surface area contributed by atoms with Crippen molar-refractivity contribution in [2.45, 2.75) is 18.1 Å². The third-order valence-electron chi connectivity index (χ3n) is 4.97. The Balaban J connectivity index is 1.88. The van der Waals surface area contributed by atoms with Gasteiger partial charge in [-0.1, -0.05) is 12.1 Å². The Kier molecular flexibility index (Phi) is 7.30. The molecule has 0 atom stereocenters. The standard InChI is InChI=1S/C21H26N2O5S2/c1-3-22(4-2)17-7-5-16(6-8-17)15-18(21(24)25)19-9-10-20(29-19)30(26,27)23-11-13-28-14-12-23/h5-10,15H,3-4,11-14H2,1-2H3,(H,24,25)/b18-15-. The van der Waals surface area contributed by atoms with Crippen molar-refractivity contribution < 1.29 is 23.1 Å². The second kappa shape index (κ2) is 9.74. The second-order valence-electron chi connectivity index (χ2n) is 6.76. The number of thiophene rings is 1. The van der Waals surface area contributed by atoms with Crippen LogP contribution in [0.4, 0.5) is 5.69 Å². The number of carboxylic acid groups (broad SMARTS) is 1. The van der Waals surface area contributed by atoms with Crippen LogP contribution in [0.25, 0.3) is 11.6 Å². The molecule has 1 saturated heterocycles. The number of carboxylic acids is 1. The van der Waals surface area contributed by atoms with Gasteiger partial charge in [0.05, 0.1) is 18.8 Å². The highest BCUT2D eigenvalue weighted by Gasteiger charge is 2.28. The molecule has 0 bridgehead atoms. The molecule has 1 N–H and O–H groups in total. The van der Waals surface area contributed by atoms with Crippen LogP contribution in [0.1, 0.15) is 24.3 Å². The molecule has 2 aromatic rings. The van der Waals surface area contributed by atoms with E-state index < -0.39 is 16.0 Å². The lowest BCUT2D eigenvalue weighted by atomic mass is 10.1. The van der Waals surface area contributed by atoms with Gasteiger partial charge in [-0.3, -0.25) is 0 Å². The Morgan fingerprint density at radius 3 is 2.33 bits per heavy atom. The third kappa shape index (κ3) is 4.92. The summed E-state index contributed by atoms with van der Waals surface area (Å²) < 4.78 is 32.4. The number of rotatable bonds is 8. The van der Waals surface area contributed by atoms with E-state index in [1.54, 1.807) is 12.1 Å². The summed E-state index contributed by atoms with van der Waals surface area (Å²) in [6, 6.07) is 10.7. The van der Waals surface area contributed by atoms with E-state index in [4.69, 9.17) is 4.74 Å². The lowest BCUT2D eigenvalue weighted by Gasteiger charge is -2.25. The molecule has 0 aliphatic carbocycles. The van der Waals surface area contributed by atoms with Crippen molar-refractivity contribution in [2.75, 3.05) is 44.3 Å². The number of ether oxygens (including phenoxy) is 1. The quantitative estimate of drug-likeness (QED) is 0.622. The van der Waals surface area contributed by atoms with Crippen molar-refractivity contribution in [3.05, 3.63) is 46.8 Å². The van der Waals surface area contributed by atoms with Crippen molar-refractivity contribution in [1.29, 1.82) is 0 Å². The molecule has 3 rings (SSSR count). The fraction of sp³-hybridized carbons (Fsp3) is 0.381. The van der Waals surface area contributed by atoms with E-state index in [2.05, 4.69) is 18.7 Å². The Morgan fingerprint density at radius 2 is 1.77 bits per heavy atom. The number of aliphatic carboxylic acids is 1. The van der Waals surface area contributed by atoms with Crippen LogP contribution < -0.4 is 4.90 Å². The minimum atomic E-state index is -3.65. The summed E-state index contributed by atoms with van der Waals surface area (Å²) in [7, 11) is -3.65. The lowest BCUT2D eigenvalue weighted by molar-refractivity contribution is -0.130. The minimum absolute atomic E-state index is 0.0685. The van der Waals surface area contributed by atoms with Gasteiger partial charge in [0.2, 0.25) is 0 Å².